The molecule has 0 saturated carbocycles. The van der Waals surface area contributed by atoms with Crippen LogP contribution in [-0.4, -0.2) is 17.2 Å². The second-order valence-corrected chi connectivity index (χ2v) is 5.31. The fourth-order valence-corrected chi connectivity index (χ4v) is 2.74. The Bertz CT molecular complexity index is 488. The number of nitrogens with zero attached hydrogens (tertiary/aromatic N) is 1. The first-order valence-electron chi connectivity index (χ1n) is 5.61. The van der Waals surface area contributed by atoms with Gasteiger partial charge in [0.25, 0.3) is 0 Å². The lowest BCUT2D eigenvalue weighted by molar-refractivity contribution is -0.136. The number of alkyl halides is 3. The van der Waals surface area contributed by atoms with Gasteiger partial charge in [-0.1, -0.05) is 12.1 Å². The number of halogens is 3. The number of hydrogen-bond donors (Lipinski definition) is 1. The fourth-order valence-electron chi connectivity index (χ4n) is 1.68. The zero-order valence-corrected chi connectivity index (χ0v) is 10.4. The van der Waals surface area contributed by atoms with Crippen LogP contribution in [0.3, 0.4) is 0 Å². The molecule has 0 radical (unpaired) electrons. The number of rotatable bonds is 4. The SMILES string of the molecule is NC(CCC(F)(F)F)Cc1nc2ccccc2s1. The van der Waals surface area contributed by atoms with Gasteiger partial charge in [0, 0.05) is 18.9 Å². The van der Waals surface area contributed by atoms with E-state index in [0.717, 1.165) is 15.2 Å². The molecule has 0 bridgehead atoms. The van der Waals surface area contributed by atoms with E-state index >= 15 is 0 Å². The standard InChI is InChI=1S/C12H13F3N2S/c13-12(14,15)6-5-8(16)7-11-17-9-3-1-2-4-10(9)18-11/h1-4,8H,5-7,16H2. The lowest BCUT2D eigenvalue weighted by atomic mass is 10.1. The van der Waals surface area contributed by atoms with Crippen LogP contribution < -0.4 is 5.73 Å². The fraction of sp³-hybridized carbons (Fsp3) is 0.417. The normalized spacial score (nSPS) is 14.0. The third kappa shape index (κ3) is 3.68. The minimum Gasteiger partial charge on any atom is -0.327 e. The topological polar surface area (TPSA) is 38.9 Å². The van der Waals surface area contributed by atoms with Crippen LogP contribution in [0.4, 0.5) is 13.2 Å². The molecule has 1 unspecified atom stereocenters. The highest BCUT2D eigenvalue weighted by molar-refractivity contribution is 7.18. The van der Waals surface area contributed by atoms with E-state index in [1.54, 1.807) is 0 Å². The smallest absolute Gasteiger partial charge is 0.327 e. The van der Waals surface area contributed by atoms with Crippen molar-refractivity contribution in [2.24, 2.45) is 5.73 Å². The van der Waals surface area contributed by atoms with Gasteiger partial charge >= 0.3 is 6.18 Å². The van der Waals surface area contributed by atoms with Gasteiger partial charge < -0.3 is 5.73 Å². The van der Waals surface area contributed by atoms with Gasteiger partial charge in [-0.3, -0.25) is 0 Å². The molecule has 0 aliphatic heterocycles. The van der Waals surface area contributed by atoms with Crippen molar-refractivity contribution < 1.29 is 13.2 Å². The van der Waals surface area contributed by atoms with Crippen molar-refractivity contribution in [1.82, 2.24) is 4.98 Å². The van der Waals surface area contributed by atoms with Gasteiger partial charge in [0.2, 0.25) is 0 Å². The summed E-state index contributed by atoms with van der Waals surface area (Å²) in [6.07, 6.45) is -4.63. The Hall–Kier alpha value is -1.14. The van der Waals surface area contributed by atoms with E-state index in [4.69, 9.17) is 5.73 Å². The van der Waals surface area contributed by atoms with E-state index < -0.39 is 18.6 Å². The molecule has 98 valence electrons. The number of benzene rings is 1. The number of hydrogen-bond acceptors (Lipinski definition) is 3. The highest BCUT2D eigenvalue weighted by Crippen LogP contribution is 2.25. The number of para-hydroxylation sites is 1. The van der Waals surface area contributed by atoms with Crippen molar-refractivity contribution in [2.75, 3.05) is 0 Å². The van der Waals surface area contributed by atoms with Crippen LogP contribution in [0.25, 0.3) is 10.2 Å². The zero-order chi connectivity index (χ0) is 13.2. The van der Waals surface area contributed by atoms with E-state index in [0.29, 0.717) is 6.42 Å². The van der Waals surface area contributed by atoms with Crippen LogP contribution in [-0.2, 0) is 6.42 Å². The Labute approximate surface area is 107 Å². The molecule has 1 heterocycles. The number of thiazole rings is 1. The van der Waals surface area contributed by atoms with E-state index in [2.05, 4.69) is 4.98 Å². The quantitative estimate of drug-likeness (QED) is 0.926. The zero-order valence-electron chi connectivity index (χ0n) is 9.57. The Balaban J connectivity index is 1.96. The third-order valence-electron chi connectivity index (χ3n) is 2.57. The molecule has 2 nitrogen and oxygen atoms in total. The predicted octanol–water partition coefficient (Wildman–Crippen LogP) is 3.51. The van der Waals surface area contributed by atoms with E-state index in [-0.39, 0.29) is 6.42 Å². The monoisotopic (exact) mass is 274 g/mol. The molecule has 18 heavy (non-hydrogen) atoms. The summed E-state index contributed by atoms with van der Waals surface area (Å²) >= 11 is 1.49. The molecule has 1 aromatic carbocycles. The predicted molar refractivity (Wildman–Crippen MR) is 66.6 cm³/mol. The average Bonchev–Trinajstić information content (AvgIpc) is 2.67. The number of nitrogens with two attached hydrogens (primary N) is 1. The van der Waals surface area contributed by atoms with E-state index in [1.807, 2.05) is 24.3 Å². The molecule has 2 aromatic rings. The Morgan fingerprint density at radius 1 is 1.28 bits per heavy atom. The van der Waals surface area contributed by atoms with Gasteiger partial charge in [-0.05, 0) is 18.6 Å². The van der Waals surface area contributed by atoms with Crippen LogP contribution in [0.2, 0.25) is 0 Å². The maximum absolute atomic E-state index is 12.1. The molecule has 0 aliphatic rings. The molecule has 0 aliphatic carbocycles. The summed E-state index contributed by atoms with van der Waals surface area (Å²) < 4.78 is 37.2. The first-order chi connectivity index (χ1) is 8.44. The second kappa shape index (κ2) is 5.24. The molecule has 0 saturated heterocycles. The first-order valence-corrected chi connectivity index (χ1v) is 6.42. The second-order valence-electron chi connectivity index (χ2n) is 4.19. The number of fused-ring (bicyclic) bond motifs is 1. The van der Waals surface area contributed by atoms with Gasteiger partial charge in [0.05, 0.1) is 15.2 Å². The van der Waals surface area contributed by atoms with Crippen LogP contribution >= 0.6 is 11.3 Å². The summed E-state index contributed by atoms with van der Waals surface area (Å²) in [4.78, 5) is 4.35. The van der Waals surface area contributed by atoms with Gasteiger partial charge in [0.1, 0.15) is 0 Å². The maximum Gasteiger partial charge on any atom is 0.389 e. The van der Waals surface area contributed by atoms with Gasteiger partial charge in [-0.2, -0.15) is 13.2 Å². The average molecular weight is 274 g/mol. The first kappa shape index (κ1) is 13.3. The molecule has 0 spiro atoms. The van der Waals surface area contributed by atoms with E-state index in [1.165, 1.54) is 11.3 Å². The molecule has 0 amide bonds. The number of aromatic nitrogens is 1. The van der Waals surface area contributed by atoms with Crippen LogP contribution in [0.5, 0.6) is 0 Å². The third-order valence-corrected chi connectivity index (χ3v) is 3.63. The van der Waals surface area contributed by atoms with Crippen LogP contribution in [0.1, 0.15) is 17.8 Å². The summed E-state index contributed by atoms with van der Waals surface area (Å²) in [5.74, 6) is 0. The van der Waals surface area contributed by atoms with Crippen molar-refractivity contribution in [3.05, 3.63) is 29.3 Å². The summed E-state index contributed by atoms with van der Waals surface area (Å²) in [6, 6.07) is 7.13. The molecule has 1 atom stereocenters. The summed E-state index contributed by atoms with van der Waals surface area (Å²) in [5.41, 5.74) is 6.58. The minimum atomic E-state index is -4.13. The summed E-state index contributed by atoms with van der Waals surface area (Å²) in [6.45, 7) is 0. The molecular formula is C12H13F3N2S. The molecule has 2 rings (SSSR count). The lowest BCUT2D eigenvalue weighted by Gasteiger charge is -2.11. The molecule has 6 heteroatoms. The summed E-state index contributed by atoms with van der Waals surface area (Å²) in [5, 5.41) is 0.797. The lowest BCUT2D eigenvalue weighted by Crippen LogP contribution is -2.25. The molecule has 2 N–H and O–H groups in total. The molecule has 0 fully saturated rings. The van der Waals surface area contributed by atoms with Gasteiger partial charge in [-0.15, -0.1) is 11.3 Å². The molecule has 1 aromatic heterocycles. The Morgan fingerprint density at radius 3 is 2.67 bits per heavy atom. The molecular weight excluding hydrogens is 261 g/mol. The highest BCUT2D eigenvalue weighted by Gasteiger charge is 2.27. The maximum atomic E-state index is 12.1. The Kier molecular flexibility index (Phi) is 3.87. The van der Waals surface area contributed by atoms with Crippen molar-refractivity contribution in [2.45, 2.75) is 31.5 Å². The largest absolute Gasteiger partial charge is 0.389 e. The van der Waals surface area contributed by atoms with Crippen LogP contribution in [0, 0.1) is 0 Å². The summed E-state index contributed by atoms with van der Waals surface area (Å²) in [7, 11) is 0. The highest BCUT2D eigenvalue weighted by atomic mass is 32.1. The van der Waals surface area contributed by atoms with Crippen molar-refractivity contribution in [3.8, 4) is 0 Å². The Morgan fingerprint density at radius 2 is 2.00 bits per heavy atom. The van der Waals surface area contributed by atoms with Crippen LogP contribution in [0.15, 0.2) is 24.3 Å². The van der Waals surface area contributed by atoms with Gasteiger partial charge in [-0.25, -0.2) is 4.98 Å². The van der Waals surface area contributed by atoms with Crippen molar-refractivity contribution in [3.63, 3.8) is 0 Å². The van der Waals surface area contributed by atoms with Crippen molar-refractivity contribution in [1.29, 1.82) is 0 Å². The van der Waals surface area contributed by atoms with Crippen molar-refractivity contribution >= 4 is 21.6 Å². The van der Waals surface area contributed by atoms with Gasteiger partial charge in [0.15, 0.2) is 0 Å². The minimum absolute atomic E-state index is 0.0561. The van der Waals surface area contributed by atoms with E-state index in [9.17, 15) is 13.2 Å².